The van der Waals surface area contributed by atoms with Crippen molar-refractivity contribution in [3.8, 4) is 11.1 Å². The van der Waals surface area contributed by atoms with Crippen LogP contribution in [0.3, 0.4) is 0 Å². The average Bonchev–Trinajstić information content (AvgIpc) is 3.53. The minimum atomic E-state index is -1.03. The monoisotopic (exact) mass is 460 g/mol. The van der Waals surface area contributed by atoms with Crippen LogP contribution in [0.1, 0.15) is 45.4 Å². The summed E-state index contributed by atoms with van der Waals surface area (Å²) in [6.07, 6.45) is 7.47. The van der Waals surface area contributed by atoms with Crippen LogP contribution in [0.2, 0.25) is 5.02 Å². The Hall–Kier alpha value is -1.89. The van der Waals surface area contributed by atoms with Gasteiger partial charge in [0.1, 0.15) is 11.5 Å². The second-order valence-electron chi connectivity index (χ2n) is 9.35. The third-order valence-electron chi connectivity index (χ3n) is 6.45. The first-order chi connectivity index (χ1) is 15.4. The lowest BCUT2D eigenvalue weighted by Crippen LogP contribution is -2.42. The van der Waals surface area contributed by atoms with Gasteiger partial charge in [-0.3, -0.25) is 0 Å². The molecule has 3 N–H and O–H groups in total. The van der Waals surface area contributed by atoms with Gasteiger partial charge in [0.15, 0.2) is 0 Å². The minimum absolute atomic E-state index is 0.356. The van der Waals surface area contributed by atoms with Gasteiger partial charge >= 0.3 is 0 Å². The van der Waals surface area contributed by atoms with E-state index in [0.29, 0.717) is 42.5 Å². The predicted octanol–water partition coefficient (Wildman–Crippen LogP) is 5.66. The molecule has 0 bridgehead atoms. The SMILES string of the molecule is COC[C@H](C)N[C@H]1CC[C@H](Nc2cc(-c3cccc(NCC4(F)CC4)c3)c(Cl)cn2)CC1. The lowest BCUT2D eigenvalue weighted by Gasteiger charge is -2.32. The molecule has 0 amide bonds. The Labute approximate surface area is 195 Å². The van der Waals surface area contributed by atoms with Crippen LogP contribution in [-0.4, -0.2) is 49.0 Å². The Morgan fingerprint density at radius 2 is 1.94 bits per heavy atom. The van der Waals surface area contributed by atoms with Crippen molar-refractivity contribution in [2.45, 2.75) is 69.2 Å². The minimum Gasteiger partial charge on any atom is -0.383 e. The highest BCUT2D eigenvalue weighted by atomic mass is 35.5. The van der Waals surface area contributed by atoms with Crippen LogP contribution in [0.25, 0.3) is 11.1 Å². The van der Waals surface area contributed by atoms with Crippen molar-refractivity contribution in [3.05, 3.63) is 41.6 Å². The topological polar surface area (TPSA) is 58.2 Å². The Kier molecular flexibility index (Phi) is 7.54. The highest BCUT2D eigenvalue weighted by Gasteiger charge is 2.42. The standard InChI is InChI=1S/C25H34ClFN4O/c1-17(15-32-2)30-19-6-8-20(9-7-19)31-24-13-22(23(26)14-28-24)18-4-3-5-21(12-18)29-16-25(27)10-11-25/h3-5,12-14,17,19-20,29-30H,6-11,15-16H2,1-2H3,(H,28,31)/t17-,19-,20-/m0/s1. The molecule has 5 nitrogen and oxygen atoms in total. The third kappa shape index (κ3) is 6.33. The summed E-state index contributed by atoms with van der Waals surface area (Å²) in [5.41, 5.74) is 1.80. The molecular formula is C25H34ClFN4O. The Morgan fingerprint density at radius 1 is 1.19 bits per heavy atom. The number of alkyl halides is 1. The Morgan fingerprint density at radius 3 is 2.66 bits per heavy atom. The molecular weight excluding hydrogens is 427 g/mol. The number of aromatic nitrogens is 1. The first-order valence-electron chi connectivity index (χ1n) is 11.6. The summed E-state index contributed by atoms with van der Waals surface area (Å²) >= 11 is 6.49. The van der Waals surface area contributed by atoms with E-state index in [1.807, 2.05) is 30.3 Å². The molecule has 2 aliphatic carbocycles. The first-order valence-corrected chi connectivity index (χ1v) is 12.0. The number of anilines is 2. The molecule has 0 unspecified atom stereocenters. The highest BCUT2D eigenvalue weighted by Crippen LogP contribution is 2.40. The molecule has 2 aliphatic rings. The van der Waals surface area contributed by atoms with E-state index in [2.05, 4.69) is 27.9 Å². The predicted molar refractivity (Wildman–Crippen MR) is 130 cm³/mol. The lowest BCUT2D eigenvalue weighted by atomic mass is 9.90. The van der Waals surface area contributed by atoms with Gasteiger partial charge in [-0.2, -0.15) is 0 Å². The van der Waals surface area contributed by atoms with Crippen molar-refractivity contribution in [2.24, 2.45) is 0 Å². The van der Waals surface area contributed by atoms with Crippen LogP contribution in [-0.2, 0) is 4.74 Å². The van der Waals surface area contributed by atoms with E-state index < -0.39 is 5.67 Å². The molecule has 2 fully saturated rings. The fourth-order valence-electron chi connectivity index (χ4n) is 4.42. The summed E-state index contributed by atoms with van der Waals surface area (Å²) < 4.78 is 19.2. The summed E-state index contributed by atoms with van der Waals surface area (Å²) in [5.74, 6) is 0.840. The smallest absolute Gasteiger partial charge is 0.128 e. The number of rotatable bonds is 10. The molecule has 174 valence electrons. The van der Waals surface area contributed by atoms with Gasteiger partial charge in [-0.15, -0.1) is 0 Å². The van der Waals surface area contributed by atoms with Crippen LogP contribution in [0.4, 0.5) is 15.9 Å². The largest absolute Gasteiger partial charge is 0.383 e. The molecule has 2 saturated carbocycles. The summed E-state index contributed by atoms with van der Waals surface area (Å²) in [4.78, 5) is 4.51. The molecule has 0 aliphatic heterocycles. The maximum absolute atomic E-state index is 14.0. The van der Waals surface area contributed by atoms with Crippen molar-refractivity contribution in [1.82, 2.24) is 10.3 Å². The van der Waals surface area contributed by atoms with Crippen molar-refractivity contribution in [2.75, 3.05) is 30.9 Å². The summed E-state index contributed by atoms with van der Waals surface area (Å²) in [6, 6.07) is 11.3. The third-order valence-corrected chi connectivity index (χ3v) is 6.75. The van der Waals surface area contributed by atoms with E-state index in [1.54, 1.807) is 13.3 Å². The molecule has 1 aromatic heterocycles. The van der Waals surface area contributed by atoms with Crippen molar-refractivity contribution >= 4 is 23.1 Å². The zero-order valence-corrected chi connectivity index (χ0v) is 19.7. The molecule has 1 atom stereocenters. The zero-order valence-electron chi connectivity index (χ0n) is 19.0. The summed E-state index contributed by atoms with van der Waals surface area (Å²) in [5, 5.41) is 11.1. The number of methoxy groups -OCH3 is 1. The normalized spacial score (nSPS) is 22.9. The van der Waals surface area contributed by atoms with Crippen LogP contribution in [0, 0.1) is 0 Å². The molecule has 0 spiro atoms. The fraction of sp³-hybridized carbons (Fsp3) is 0.560. The number of nitrogens with one attached hydrogen (secondary N) is 3. The summed E-state index contributed by atoms with van der Waals surface area (Å²) in [7, 11) is 1.74. The van der Waals surface area contributed by atoms with Gasteiger partial charge < -0.3 is 20.7 Å². The average molecular weight is 461 g/mol. The second kappa shape index (κ2) is 10.4. The van der Waals surface area contributed by atoms with E-state index in [9.17, 15) is 4.39 Å². The Balaban J connectivity index is 1.36. The van der Waals surface area contributed by atoms with Gasteiger partial charge in [0.2, 0.25) is 0 Å². The molecule has 32 heavy (non-hydrogen) atoms. The molecule has 0 radical (unpaired) electrons. The van der Waals surface area contributed by atoms with Gasteiger partial charge in [0, 0.05) is 49.2 Å². The fourth-order valence-corrected chi connectivity index (χ4v) is 4.63. The molecule has 4 rings (SSSR count). The van der Waals surface area contributed by atoms with Crippen LogP contribution in [0.15, 0.2) is 36.5 Å². The zero-order chi connectivity index (χ0) is 22.6. The number of pyridine rings is 1. The molecule has 2 aromatic rings. The molecule has 0 saturated heterocycles. The van der Waals surface area contributed by atoms with Crippen molar-refractivity contribution in [3.63, 3.8) is 0 Å². The summed E-state index contributed by atoms with van der Waals surface area (Å²) in [6.45, 7) is 3.26. The van der Waals surface area contributed by atoms with E-state index >= 15 is 0 Å². The number of benzene rings is 1. The number of halogens is 2. The van der Waals surface area contributed by atoms with Gasteiger partial charge in [0.05, 0.1) is 11.6 Å². The van der Waals surface area contributed by atoms with Gasteiger partial charge in [-0.25, -0.2) is 9.37 Å². The molecule has 1 aromatic carbocycles. The van der Waals surface area contributed by atoms with Crippen LogP contribution < -0.4 is 16.0 Å². The molecule has 7 heteroatoms. The van der Waals surface area contributed by atoms with Crippen LogP contribution in [0.5, 0.6) is 0 Å². The lowest BCUT2D eigenvalue weighted by molar-refractivity contribution is 0.161. The number of ether oxygens (including phenoxy) is 1. The Bertz CT molecular complexity index is 899. The number of nitrogens with zero attached hydrogens (tertiary/aromatic N) is 1. The maximum atomic E-state index is 14.0. The van der Waals surface area contributed by atoms with Gasteiger partial charge in [0.25, 0.3) is 0 Å². The number of hydrogen-bond donors (Lipinski definition) is 3. The van der Waals surface area contributed by atoms with Crippen molar-refractivity contribution in [1.29, 1.82) is 0 Å². The van der Waals surface area contributed by atoms with Crippen LogP contribution >= 0.6 is 11.6 Å². The van der Waals surface area contributed by atoms with Crippen molar-refractivity contribution < 1.29 is 9.13 Å². The van der Waals surface area contributed by atoms with Gasteiger partial charge in [-0.05, 0) is 69.2 Å². The van der Waals surface area contributed by atoms with Gasteiger partial charge in [-0.1, -0.05) is 23.7 Å². The van der Waals surface area contributed by atoms with E-state index in [4.69, 9.17) is 16.3 Å². The second-order valence-corrected chi connectivity index (χ2v) is 9.76. The number of hydrogen-bond acceptors (Lipinski definition) is 5. The molecule has 1 heterocycles. The van der Waals surface area contributed by atoms with E-state index in [0.717, 1.165) is 54.9 Å². The quantitative estimate of drug-likeness (QED) is 0.427. The first kappa shape index (κ1) is 23.3. The maximum Gasteiger partial charge on any atom is 0.128 e. The van der Waals surface area contributed by atoms with E-state index in [1.165, 1.54) is 0 Å². The highest BCUT2D eigenvalue weighted by molar-refractivity contribution is 6.33. The van der Waals surface area contributed by atoms with E-state index in [-0.39, 0.29) is 0 Å².